The zero-order chi connectivity index (χ0) is 23.3. The molecule has 172 valence electrons. The number of rotatable bonds is 6. The first-order valence-corrected chi connectivity index (χ1v) is 12.3. The Morgan fingerprint density at radius 3 is 2.35 bits per heavy atom. The molecule has 0 unspecified atom stereocenters. The van der Waals surface area contributed by atoms with Gasteiger partial charge in [0.25, 0.3) is 0 Å². The average Bonchev–Trinajstić information content (AvgIpc) is 3.28. The van der Waals surface area contributed by atoms with Crippen LogP contribution < -0.4 is 0 Å². The lowest BCUT2D eigenvalue weighted by atomic mass is 9.94. The number of aromatic nitrogens is 2. The van der Waals surface area contributed by atoms with E-state index in [1.54, 1.807) is 0 Å². The summed E-state index contributed by atoms with van der Waals surface area (Å²) in [5.74, 6) is 0.675. The lowest BCUT2D eigenvalue weighted by molar-refractivity contribution is 0.0526. The molecule has 0 aliphatic heterocycles. The molecule has 4 heteroatoms. The summed E-state index contributed by atoms with van der Waals surface area (Å²) in [6.07, 6.45) is 10.4. The minimum absolute atomic E-state index is 0.298. The Balaban J connectivity index is 1.52. The van der Waals surface area contributed by atoms with Crippen molar-refractivity contribution < 1.29 is 9.53 Å². The Bertz CT molecular complexity index is 1300. The van der Waals surface area contributed by atoms with Crippen molar-refractivity contribution >= 4 is 29.2 Å². The maximum Gasteiger partial charge on any atom is 0.338 e. The minimum Gasteiger partial charge on any atom is -0.462 e. The number of benzene rings is 3. The van der Waals surface area contributed by atoms with E-state index in [1.165, 1.54) is 24.8 Å². The van der Waals surface area contributed by atoms with E-state index in [0.717, 1.165) is 40.8 Å². The fourth-order valence-electron chi connectivity index (χ4n) is 4.85. The van der Waals surface area contributed by atoms with Crippen molar-refractivity contribution in [3.63, 3.8) is 0 Å². The van der Waals surface area contributed by atoms with Gasteiger partial charge in [0.15, 0.2) is 0 Å². The summed E-state index contributed by atoms with van der Waals surface area (Å²) in [6.45, 7) is 2.19. The maximum absolute atomic E-state index is 12.3. The van der Waals surface area contributed by atoms with E-state index < -0.39 is 0 Å². The van der Waals surface area contributed by atoms with E-state index in [-0.39, 0.29) is 5.97 Å². The molecule has 1 fully saturated rings. The minimum atomic E-state index is -0.298. The van der Waals surface area contributed by atoms with Crippen molar-refractivity contribution in [2.75, 3.05) is 6.61 Å². The van der Waals surface area contributed by atoms with Crippen LogP contribution in [0.4, 0.5) is 0 Å². The monoisotopic (exact) mass is 450 g/mol. The molecule has 0 spiro atoms. The number of nitrogens with zero attached hydrogens (tertiary/aromatic N) is 2. The Labute approximate surface area is 200 Å². The molecular formula is C30H30N2O2. The zero-order valence-electron chi connectivity index (χ0n) is 19.6. The molecule has 1 aliphatic carbocycles. The predicted molar refractivity (Wildman–Crippen MR) is 139 cm³/mol. The molecule has 4 nitrogen and oxygen atoms in total. The van der Waals surface area contributed by atoms with Gasteiger partial charge in [0.1, 0.15) is 5.82 Å². The number of imidazole rings is 1. The van der Waals surface area contributed by atoms with Crippen LogP contribution in [-0.4, -0.2) is 22.1 Å². The fourth-order valence-corrected chi connectivity index (χ4v) is 4.85. The predicted octanol–water partition coefficient (Wildman–Crippen LogP) is 7.56. The second-order valence-electron chi connectivity index (χ2n) is 8.89. The van der Waals surface area contributed by atoms with Crippen molar-refractivity contribution in [3.05, 3.63) is 89.5 Å². The Hall–Kier alpha value is -3.66. The number of ether oxygens (including phenoxy) is 1. The van der Waals surface area contributed by atoms with Gasteiger partial charge in [0.05, 0.1) is 23.2 Å². The van der Waals surface area contributed by atoms with Crippen LogP contribution in [0, 0.1) is 0 Å². The van der Waals surface area contributed by atoms with Crippen LogP contribution in [0.25, 0.3) is 34.6 Å². The number of carbonyl (C=O) groups excluding carboxylic acids is 1. The van der Waals surface area contributed by atoms with Crippen LogP contribution >= 0.6 is 0 Å². The molecule has 1 aromatic heterocycles. The summed E-state index contributed by atoms with van der Waals surface area (Å²) in [5.41, 5.74) is 5.91. The summed E-state index contributed by atoms with van der Waals surface area (Å²) in [7, 11) is 0. The van der Waals surface area contributed by atoms with Crippen LogP contribution in [0.2, 0.25) is 0 Å². The molecule has 1 saturated carbocycles. The molecule has 0 N–H and O–H groups in total. The lowest BCUT2D eigenvalue weighted by Crippen LogP contribution is -2.14. The third-order valence-corrected chi connectivity index (χ3v) is 6.58. The number of hydrogen-bond donors (Lipinski definition) is 0. The van der Waals surface area contributed by atoms with Crippen LogP contribution in [0.1, 0.15) is 66.6 Å². The third-order valence-electron chi connectivity index (χ3n) is 6.58. The van der Waals surface area contributed by atoms with Gasteiger partial charge in [-0.25, -0.2) is 9.78 Å². The summed E-state index contributed by atoms with van der Waals surface area (Å²) >= 11 is 0. The molecule has 3 aromatic carbocycles. The van der Waals surface area contributed by atoms with Gasteiger partial charge in [-0.2, -0.15) is 0 Å². The van der Waals surface area contributed by atoms with E-state index in [0.29, 0.717) is 18.2 Å². The van der Waals surface area contributed by atoms with Crippen LogP contribution in [0.5, 0.6) is 0 Å². The van der Waals surface area contributed by atoms with Gasteiger partial charge in [-0.05, 0) is 49.1 Å². The molecular weight excluding hydrogens is 420 g/mol. The topological polar surface area (TPSA) is 44.1 Å². The normalized spacial score (nSPS) is 14.6. The molecule has 4 aromatic rings. The molecule has 5 rings (SSSR count). The fraction of sp³-hybridized carbons (Fsp3) is 0.267. The highest BCUT2D eigenvalue weighted by molar-refractivity contribution is 5.94. The van der Waals surface area contributed by atoms with Gasteiger partial charge in [-0.15, -0.1) is 0 Å². The first-order chi connectivity index (χ1) is 16.7. The molecule has 0 amide bonds. The van der Waals surface area contributed by atoms with Crippen molar-refractivity contribution in [1.82, 2.24) is 9.55 Å². The number of fused-ring (bicyclic) bond motifs is 1. The second kappa shape index (κ2) is 10.1. The van der Waals surface area contributed by atoms with E-state index in [9.17, 15) is 4.79 Å². The van der Waals surface area contributed by atoms with Crippen LogP contribution in [-0.2, 0) is 4.74 Å². The highest BCUT2D eigenvalue weighted by atomic mass is 16.5. The summed E-state index contributed by atoms with van der Waals surface area (Å²) < 4.78 is 7.60. The Morgan fingerprint density at radius 2 is 1.65 bits per heavy atom. The first-order valence-electron chi connectivity index (χ1n) is 12.3. The molecule has 0 atom stereocenters. The Morgan fingerprint density at radius 1 is 0.941 bits per heavy atom. The van der Waals surface area contributed by atoms with Gasteiger partial charge < -0.3 is 9.30 Å². The zero-order valence-corrected chi connectivity index (χ0v) is 19.6. The summed E-state index contributed by atoms with van der Waals surface area (Å²) in [5, 5.41) is 0. The SMILES string of the molecule is CCOC(=O)c1ccc2c(c1)nc(-c1ccc(/C=C/c3ccccc3)cc1)n2C1CCCCC1. The van der Waals surface area contributed by atoms with Gasteiger partial charge in [-0.3, -0.25) is 0 Å². The average molecular weight is 451 g/mol. The van der Waals surface area contributed by atoms with E-state index in [2.05, 4.69) is 53.1 Å². The van der Waals surface area contributed by atoms with Gasteiger partial charge >= 0.3 is 5.97 Å². The van der Waals surface area contributed by atoms with Gasteiger partial charge in [0, 0.05) is 11.6 Å². The molecule has 0 saturated heterocycles. The van der Waals surface area contributed by atoms with Crippen molar-refractivity contribution in [1.29, 1.82) is 0 Å². The molecule has 1 heterocycles. The van der Waals surface area contributed by atoms with Crippen molar-refractivity contribution in [3.8, 4) is 11.4 Å². The molecule has 0 bridgehead atoms. The number of esters is 1. The quantitative estimate of drug-likeness (QED) is 0.225. The summed E-state index contributed by atoms with van der Waals surface area (Å²) in [6, 6.07) is 25.1. The summed E-state index contributed by atoms with van der Waals surface area (Å²) in [4.78, 5) is 17.3. The van der Waals surface area contributed by atoms with Crippen molar-refractivity contribution in [2.45, 2.75) is 45.1 Å². The number of carbonyl (C=O) groups is 1. The maximum atomic E-state index is 12.3. The van der Waals surface area contributed by atoms with Crippen LogP contribution in [0.15, 0.2) is 72.8 Å². The highest BCUT2D eigenvalue weighted by Crippen LogP contribution is 2.36. The van der Waals surface area contributed by atoms with Crippen molar-refractivity contribution in [2.24, 2.45) is 0 Å². The van der Waals surface area contributed by atoms with E-state index >= 15 is 0 Å². The standard InChI is InChI=1S/C30H30N2O2/c1-2-34-30(33)25-19-20-28-27(21-25)31-29(32(28)26-11-7-4-8-12-26)24-17-15-23(16-18-24)14-13-22-9-5-3-6-10-22/h3,5-6,9-10,13-21,26H,2,4,7-8,11-12H2,1H3/b14-13+. The van der Waals surface area contributed by atoms with E-state index in [4.69, 9.17) is 9.72 Å². The van der Waals surface area contributed by atoms with E-state index in [1.807, 2.05) is 43.3 Å². The smallest absolute Gasteiger partial charge is 0.338 e. The molecule has 34 heavy (non-hydrogen) atoms. The first kappa shape index (κ1) is 22.1. The Kier molecular flexibility index (Phi) is 6.57. The molecule has 0 radical (unpaired) electrons. The van der Waals surface area contributed by atoms with Crippen LogP contribution in [0.3, 0.4) is 0 Å². The number of hydrogen-bond acceptors (Lipinski definition) is 3. The third kappa shape index (κ3) is 4.67. The largest absolute Gasteiger partial charge is 0.462 e. The highest BCUT2D eigenvalue weighted by Gasteiger charge is 2.23. The van der Waals surface area contributed by atoms with Gasteiger partial charge in [0.2, 0.25) is 0 Å². The second-order valence-corrected chi connectivity index (χ2v) is 8.89. The van der Waals surface area contributed by atoms with Gasteiger partial charge in [-0.1, -0.05) is 86.0 Å². The lowest BCUT2D eigenvalue weighted by Gasteiger charge is -2.25. The molecule has 1 aliphatic rings.